The van der Waals surface area contributed by atoms with E-state index < -0.39 is 23.5 Å². The Morgan fingerprint density at radius 2 is 1.62 bits per heavy atom. The van der Waals surface area contributed by atoms with Crippen LogP contribution >= 0.6 is 23.2 Å². The molecule has 8 nitrogen and oxygen atoms in total. The van der Waals surface area contributed by atoms with Crippen molar-refractivity contribution in [1.82, 2.24) is 0 Å². The highest BCUT2D eigenvalue weighted by Gasteiger charge is 2.47. The minimum atomic E-state index is -1.07. The number of phenolic OH excluding ortho intramolecular Hbond substituents is 1. The van der Waals surface area contributed by atoms with Gasteiger partial charge in [0.05, 0.1) is 36.4 Å². The Morgan fingerprint density at radius 3 is 2.18 bits per heavy atom. The lowest BCUT2D eigenvalue weighted by Crippen LogP contribution is -2.29. The summed E-state index contributed by atoms with van der Waals surface area (Å²) in [5.41, 5.74) is 1.61. The molecule has 1 aliphatic heterocycles. The molecule has 39 heavy (non-hydrogen) atoms. The van der Waals surface area contributed by atoms with Gasteiger partial charge < -0.3 is 24.6 Å². The number of ketones is 1. The molecule has 0 spiro atoms. The highest BCUT2D eigenvalue weighted by Crippen LogP contribution is 2.48. The summed E-state index contributed by atoms with van der Waals surface area (Å²) in [7, 11) is 2.72. The van der Waals surface area contributed by atoms with Gasteiger partial charge in [0, 0.05) is 24.5 Å². The number of hydrogen-bond donors (Lipinski definition) is 2. The maximum atomic E-state index is 13.5. The third-order valence-electron chi connectivity index (χ3n) is 6.68. The number of aliphatic hydroxyl groups excluding tert-OH is 1. The largest absolute Gasteiger partial charge is 0.508 e. The Bertz CT molecular complexity index is 1450. The van der Waals surface area contributed by atoms with E-state index in [0.29, 0.717) is 11.3 Å². The predicted molar refractivity (Wildman–Crippen MR) is 152 cm³/mol. The van der Waals surface area contributed by atoms with Crippen molar-refractivity contribution in [1.29, 1.82) is 0 Å². The Labute approximate surface area is 236 Å². The standard InChI is InChI=1S/C29H28Cl2N2O6/c1-5-32(6-2)17-10-12-18(13-11-17)33-24(16-8-7-9-19(34)14-16)22(26(36)29(33)37)25(35)20-15-21(30)28(39-4)23(31)27(20)38-3/h7-15,24,34-35H,5-6H2,1-4H3/b25-22+. The first kappa shape index (κ1) is 28.1. The van der Waals surface area contributed by atoms with E-state index in [9.17, 15) is 19.8 Å². The number of Topliss-reactive ketones (excluding diaryl/α,β-unsaturated/α-hetero) is 1. The van der Waals surface area contributed by atoms with Gasteiger partial charge in [-0.15, -0.1) is 0 Å². The number of amides is 1. The van der Waals surface area contributed by atoms with Crippen LogP contribution in [0, 0.1) is 0 Å². The molecule has 3 aromatic carbocycles. The van der Waals surface area contributed by atoms with Crippen LogP contribution in [0.2, 0.25) is 10.0 Å². The summed E-state index contributed by atoms with van der Waals surface area (Å²) in [6.45, 7) is 5.70. The van der Waals surface area contributed by atoms with E-state index in [-0.39, 0.29) is 38.4 Å². The summed E-state index contributed by atoms with van der Waals surface area (Å²) in [6, 6.07) is 13.7. The molecule has 1 atom stereocenters. The van der Waals surface area contributed by atoms with Gasteiger partial charge in [-0.05, 0) is 61.9 Å². The Kier molecular flexibility index (Phi) is 8.28. The molecule has 0 aromatic heterocycles. The van der Waals surface area contributed by atoms with Crippen molar-refractivity contribution >= 4 is 52.0 Å². The van der Waals surface area contributed by atoms with Crippen LogP contribution in [0.25, 0.3) is 5.76 Å². The number of methoxy groups -OCH3 is 2. The zero-order valence-electron chi connectivity index (χ0n) is 21.9. The number of nitrogens with zero attached hydrogens (tertiary/aromatic N) is 2. The number of anilines is 2. The Balaban J connectivity index is 1.96. The van der Waals surface area contributed by atoms with Crippen molar-refractivity contribution in [3.63, 3.8) is 0 Å². The molecular formula is C29H28Cl2N2O6. The number of rotatable bonds is 8. The second-order valence-corrected chi connectivity index (χ2v) is 9.52. The predicted octanol–water partition coefficient (Wildman–Crippen LogP) is 6.19. The number of carbonyl (C=O) groups is 2. The molecule has 1 aliphatic rings. The number of ether oxygens (including phenoxy) is 2. The van der Waals surface area contributed by atoms with Crippen LogP contribution in [0.15, 0.2) is 60.2 Å². The minimum absolute atomic E-state index is 0.00772. The lowest BCUT2D eigenvalue weighted by atomic mass is 9.94. The fourth-order valence-electron chi connectivity index (χ4n) is 4.81. The molecule has 1 heterocycles. The van der Waals surface area contributed by atoms with Crippen LogP contribution in [0.5, 0.6) is 17.2 Å². The maximum absolute atomic E-state index is 13.5. The average Bonchev–Trinajstić information content (AvgIpc) is 3.19. The number of halogens is 2. The fraction of sp³-hybridized carbons (Fsp3) is 0.241. The molecule has 204 valence electrons. The van der Waals surface area contributed by atoms with Crippen LogP contribution in [0.3, 0.4) is 0 Å². The molecule has 4 rings (SSSR count). The number of hydrogen-bond acceptors (Lipinski definition) is 7. The van der Waals surface area contributed by atoms with E-state index >= 15 is 0 Å². The zero-order valence-corrected chi connectivity index (χ0v) is 23.4. The first-order chi connectivity index (χ1) is 18.7. The van der Waals surface area contributed by atoms with Crippen molar-refractivity contribution in [2.45, 2.75) is 19.9 Å². The van der Waals surface area contributed by atoms with Crippen molar-refractivity contribution in [3.05, 3.63) is 81.3 Å². The van der Waals surface area contributed by atoms with E-state index in [1.165, 1.54) is 37.3 Å². The van der Waals surface area contributed by atoms with Gasteiger partial charge in [0.2, 0.25) is 0 Å². The summed E-state index contributed by atoms with van der Waals surface area (Å²) in [5, 5.41) is 21.8. The summed E-state index contributed by atoms with van der Waals surface area (Å²) < 4.78 is 10.7. The number of aliphatic hydroxyl groups is 1. The third-order valence-corrected chi connectivity index (χ3v) is 7.31. The van der Waals surface area contributed by atoms with E-state index in [2.05, 4.69) is 4.90 Å². The van der Waals surface area contributed by atoms with E-state index in [1.54, 1.807) is 24.3 Å². The Hall–Kier alpha value is -3.88. The van der Waals surface area contributed by atoms with Gasteiger partial charge >= 0.3 is 0 Å². The quantitative estimate of drug-likeness (QED) is 0.189. The van der Waals surface area contributed by atoms with Gasteiger partial charge in [-0.25, -0.2) is 0 Å². The van der Waals surface area contributed by atoms with Gasteiger partial charge in [-0.2, -0.15) is 0 Å². The zero-order chi connectivity index (χ0) is 28.4. The first-order valence-electron chi connectivity index (χ1n) is 12.2. The topological polar surface area (TPSA) is 99.5 Å². The highest BCUT2D eigenvalue weighted by atomic mass is 35.5. The third kappa shape index (κ3) is 4.97. The summed E-state index contributed by atoms with van der Waals surface area (Å²) in [6.07, 6.45) is 0. The molecule has 0 radical (unpaired) electrons. The number of benzene rings is 3. The van der Waals surface area contributed by atoms with Crippen LogP contribution < -0.4 is 19.3 Å². The Morgan fingerprint density at radius 1 is 0.974 bits per heavy atom. The monoisotopic (exact) mass is 570 g/mol. The molecule has 1 saturated heterocycles. The molecule has 2 N–H and O–H groups in total. The normalized spacial score (nSPS) is 16.5. The van der Waals surface area contributed by atoms with E-state index in [1.807, 2.05) is 26.0 Å². The van der Waals surface area contributed by atoms with Gasteiger partial charge in [0.15, 0.2) is 11.5 Å². The van der Waals surface area contributed by atoms with Crippen molar-refractivity contribution in [2.75, 3.05) is 37.1 Å². The second-order valence-electron chi connectivity index (χ2n) is 8.74. The first-order valence-corrected chi connectivity index (χ1v) is 13.0. The van der Waals surface area contributed by atoms with Crippen LogP contribution in [0.4, 0.5) is 11.4 Å². The average molecular weight is 571 g/mol. The molecule has 1 unspecified atom stereocenters. The highest BCUT2D eigenvalue weighted by molar-refractivity contribution is 6.52. The van der Waals surface area contributed by atoms with Gasteiger partial charge in [0.25, 0.3) is 11.7 Å². The minimum Gasteiger partial charge on any atom is -0.508 e. The van der Waals surface area contributed by atoms with Crippen molar-refractivity contribution in [2.24, 2.45) is 0 Å². The van der Waals surface area contributed by atoms with Crippen LogP contribution in [0.1, 0.15) is 31.0 Å². The molecule has 1 fully saturated rings. The lowest BCUT2D eigenvalue weighted by Gasteiger charge is -2.27. The molecule has 3 aromatic rings. The number of carbonyl (C=O) groups excluding carboxylic acids is 2. The summed E-state index contributed by atoms with van der Waals surface area (Å²) in [4.78, 5) is 30.5. The van der Waals surface area contributed by atoms with E-state index in [0.717, 1.165) is 18.8 Å². The summed E-state index contributed by atoms with van der Waals surface area (Å²) in [5.74, 6) is -2.22. The van der Waals surface area contributed by atoms with Crippen LogP contribution in [-0.2, 0) is 9.59 Å². The fourth-order valence-corrected chi connectivity index (χ4v) is 5.50. The molecule has 0 aliphatic carbocycles. The van der Waals surface area contributed by atoms with Crippen molar-refractivity contribution < 1.29 is 29.3 Å². The molecule has 10 heteroatoms. The van der Waals surface area contributed by atoms with Crippen LogP contribution in [-0.4, -0.2) is 49.2 Å². The molecule has 1 amide bonds. The number of aromatic hydroxyl groups is 1. The SMILES string of the molecule is CCN(CC)c1ccc(N2C(=O)C(=O)/C(=C(/O)c3cc(Cl)c(OC)c(Cl)c3OC)C2c2cccc(O)c2)cc1. The second kappa shape index (κ2) is 11.5. The number of phenols is 1. The summed E-state index contributed by atoms with van der Waals surface area (Å²) >= 11 is 12.8. The smallest absolute Gasteiger partial charge is 0.300 e. The van der Waals surface area contributed by atoms with Crippen molar-refractivity contribution in [3.8, 4) is 17.2 Å². The maximum Gasteiger partial charge on any atom is 0.300 e. The van der Waals surface area contributed by atoms with Gasteiger partial charge in [-0.1, -0.05) is 35.3 Å². The molecule has 0 bridgehead atoms. The lowest BCUT2D eigenvalue weighted by molar-refractivity contribution is -0.132. The van der Waals surface area contributed by atoms with Gasteiger partial charge in [0.1, 0.15) is 16.5 Å². The van der Waals surface area contributed by atoms with E-state index in [4.69, 9.17) is 32.7 Å². The van der Waals surface area contributed by atoms with Gasteiger partial charge in [-0.3, -0.25) is 14.5 Å². The molecular weight excluding hydrogens is 543 g/mol. The molecule has 0 saturated carbocycles.